The number of aliphatic hydroxyl groups excluding tert-OH is 1. The maximum Gasteiger partial charge on any atom is 0.251 e. The van der Waals surface area contributed by atoms with Gasteiger partial charge in [0.1, 0.15) is 0 Å². The van der Waals surface area contributed by atoms with Gasteiger partial charge in [0, 0.05) is 0 Å². The minimum absolute atomic E-state index is 0.0106. The summed E-state index contributed by atoms with van der Waals surface area (Å²) in [6.45, 7) is 9.59. The van der Waals surface area contributed by atoms with Gasteiger partial charge in [-0.1, -0.05) is 20.8 Å². The van der Waals surface area contributed by atoms with Crippen molar-refractivity contribution in [3.63, 3.8) is 0 Å². The number of hydroxylamine groups is 1. The third kappa shape index (κ3) is 5.19. The van der Waals surface area contributed by atoms with E-state index in [0.29, 0.717) is 6.61 Å². The van der Waals surface area contributed by atoms with Gasteiger partial charge in [-0.3, -0.25) is 9.63 Å². The molecule has 0 saturated heterocycles. The molecule has 0 unspecified atom stereocenters. The molecule has 14 heavy (non-hydrogen) atoms. The van der Waals surface area contributed by atoms with E-state index in [-0.39, 0.29) is 17.9 Å². The van der Waals surface area contributed by atoms with Crippen molar-refractivity contribution in [2.24, 2.45) is 10.8 Å². The van der Waals surface area contributed by atoms with Crippen molar-refractivity contribution in [3.05, 3.63) is 0 Å². The number of aliphatic hydroxyl groups is 1. The fourth-order valence-corrected chi connectivity index (χ4v) is 0.528. The average Bonchev–Trinajstić information content (AvgIpc) is 2.02. The highest BCUT2D eigenvalue weighted by Crippen LogP contribution is 2.15. The molecule has 0 rings (SSSR count). The summed E-state index contributed by atoms with van der Waals surface area (Å²) in [7, 11) is 0. The Morgan fingerprint density at radius 3 is 2.14 bits per heavy atom. The highest BCUT2D eigenvalue weighted by atomic mass is 16.7. The van der Waals surface area contributed by atoms with Crippen molar-refractivity contribution in [3.8, 4) is 0 Å². The zero-order valence-electron chi connectivity index (χ0n) is 9.68. The van der Waals surface area contributed by atoms with Gasteiger partial charge in [0.2, 0.25) is 0 Å². The molecule has 0 atom stereocenters. The Kier molecular flexibility index (Phi) is 4.55. The number of carbonyl (C=O) groups excluding carboxylic acids is 1. The third-order valence-corrected chi connectivity index (χ3v) is 1.68. The molecule has 4 nitrogen and oxygen atoms in total. The highest BCUT2D eigenvalue weighted by molar-refractivity contribution is 5.80. The van der Waals surface area contributed by atoms with Crippen LogP contribution < -0.4 is 5.48 Å². The summed E-state index contributed by atoms with van der Waals surface area (Å²) < 4.78 is 0. The lowest BCUT2D eigenvalue weighted by molar-refractivity contribution is -0.146. The predicted octanol–water partition coefficient (Wildman–Crippen LogP) is 1.10. The Labute approximate surface area is 85.6 Å². The second-order valence-electron chi connectivity index (χ2n) is 5.32. The minimum Gasteiger partial charge on any atom is -0.395 e. The molecule has 0 aliphatic rings. The summed E-state index contributed by atoms with van der Waals surface area (Å²) in [6.07, 6.45) is 0. The zero-order valence-corrected chi connectivity index (χ0v) is 9.68. The fourth-order valence-electron chi connectivity index (χ4n) is 0.528. The Hall–Kier alpha value is -0.610. The number of amides is 1. The van der Waals surface area contributed by atoms with Gasteiger partial charge in [-0.15, -0.1) is 0 Å². The van der Waals surface area contributed by atoms with Gasteiger partial charge < -0.3 is 5.11 Å². The lowest BCUT2D eigenvalue weighted by atomic mass is 9.94. The van der Waals surface area contributed by atoms with E-state index >= 15 is 0 Å². The third-order valence-electron chi connectivity index (χ3n) is 1.68. The van der Waals surface area contributed by atoms with Crippen LogP contribution in [0.4, 0.5) is 0 Å². The molecule has 0 aliphatic carbocycles. The van der Waals surface area contributed by atoms with Crippen molar-refractivity contribution in [2.45, 2.75) is 34.6 Å². The first-order valence-electron chi connectivity index (χ1n) is 4.72. The molecule has 0 heterocycles. The fraction of sp³-hybridized carbons (Fsp3) is 0.900. The van der Waals surface area contributed by atoms with Crippen LogP contribution in [0, 0.1) is 10.8 Å². The van der Waals surface area contributed by atoms with Crippen molar-refractivity contribution < 1.29 is 14.7 Å². The Balaban J connectivity index is 3.87. The second kappa shape index (κ2) is 4.75. The molecule has 0 aliphatic heterocycles. The average molecular weight is 203 g/mol. The molecule has 84 valence electrons. The number of rotatable bonds is 4. The van der Waals surface area contributed by atoms with E-state index < -0.39 is 5.41 Å². The van der Waals surface area contributed by atoms with Gasteiger partial charge in [0.15, 0.2) is 0 Å². The second-order valence-corrected chi connectivity index (χ2v) is 5.32. The molecular formula is C10H21NO3. The molecule has 0 radical (unpaired) electrons. The number of hydrogen-bond acceptors (Lipinski definition) is 3. The molecule has 0 aromatic carbocycles. The van der Waals surface area contributed by atoms with Gasteiger partial charge in [-0.05, 0) is 19.3 Å². The first-order chi connectivity index (χ1) is 6.19. The first-order valence-corrected chi connectivity index (χ1v) is 4.72. The van der Waals surface area contributed by atoms with Gasteiger partial charge in [0.25, 0.3) is 5.91 Å². The molecule has 2 N–H and O–H groups in total. The molecule has 0 saturated carbocycles. The molecular weight excluding hydrogens is 182 g/mol. The van der Waals surface area contributed by atoms with Crippen LogP contribution in [-0.2, 0) is 9.63 Å². The summed E-state index contributed by atoms with van der Waals surface area (Å²) >= 11 is 0. The van der Waals surface area contributed by atoms with Crippen LogP contribution in [0.15, 0.2) is 0 Å². The van der Waals surface area contributed by atoms with Gasteiger partial charge >= 0.3 is 0 Å². The maximum absolute atomic E-state index is 11.4. The van der Waals surface area contributed by atoms with E-state index in [1.54, 1.807) is 13.8 Å². The van der Waals surface area contributed by atoms with E-state index in [1.165, 1.54) is 0 Å². The van der Waals surface area contributed by atoms with Crippen LogP contribution in [0.3, 0.4) is 0 Å². The largest absolute Gasteiger partial charge is 0.395 e. The molecule has 0 fully saturated rings. The van der Waals surface area contributed by atoms with Crippen molar-refractivity contribution in [1.82, 2.24) is 5.48 Å². The maximum atomic E-state index is 11.4. The van der Waals surface area contributed by atoms with Crippen LogP contribution in [0.1, 0.15) is 34.6 Å². The smallest absolute Gasteiger partial charge is 0.251 e. The highest BCUT2D eigenvalue weighted by Gasteiger charge is 2.27. The van der Waals surface area contributed by atoms with E-state index in [9.17, 15) is 4.79 Å². The summed E-state index contributed by atoms with van der Waals surface area (Å²) in [5.41, 5.74) is 1.55. The van der Waals surface area contributed by atoms with Crippen LogP contribution in [0.2, 0.25) is 0 Å². The monoisotopic (exact) mass is 203 g/mol. The molecule has 0 bridgehead atoms. The molecule has 0 aromatic heterocycles. The zero-order chi connectivity index (χ0) is 11.4. The van der Waals surface area contributed by atoms with Crippen LogP contribution in [0.25, 0.3) is 0 Å². The molecule has 1 amide bonds. The Bertz CT molecular complexity index is 194. The van der Waals surface area contributed by atoms with Crippen molar-refractivity contribution in [1.29, 1.82) is 0 Å². The number of nitrogens with one attached hydrogen (secondary N) is 1. The van der Waals surface area contributed by atoms with Crippen molar-refractivity contribution >= 4 is 5.91 Å². The number of carbonyl (C=O) groups is 1. The lowest BCUT2D eigenvalue weighted by Gasteiger charge is -2.22. The lowest BCUT2D eigenvalue weighted by Crippen LogP contribution is -2.40. The standard InChI is InChI=1S/C10H21NO3/c1-9(2,3)7-14-11-8(13)10(4,5)6-12/h12H,6-7H2,1-5H3,(H,11,13). The summed E-state index contributed by atoms with van der Waals surface area (Å²) in [5, 5.41) is 8.91. The Morgan fingerprint density at radius 2 is 1.79 bits per heavy atom. The van der Waals surface area contributed by atoms with Crippen molar-refractivity contribution in [2.75, 3.05) is 13.2 Å². The normalized spacial score (nSPS) is 12.7. The van der Waals surface area contributed by atoms with Gasteiger partial charge in [-0.2, -0.15) is 0 Å². The predicted molar refractivity (Wildman–Crippen MR) is 54.4 cm³/mol. The van der Waals surface area contributed by atoms with Crippen LogP contribution in [-0.4, -0.2) is 24.2 Å². The van der Waals surface area contributed by atoms with E-state index in [4.69, 9.17) is 9.94 Å². The van der Waals surface area contributed by atoms with Gasteiger partial charge in [0.05, 0.1) is 18.6 Å². The van der Waals surface area contributed by atoms with E-state index in [0.717, 1.165) is 0 Å². The molecule has 4 heteroatoms. The molecule has 0 spiro atoms. The Morgan fingerprint density at radius 1 is 1.29 bits per heavy atom. The minimum atomic E-state index is -0.794. The SMILES string of the molecule is CC(C)(C)CONC(=O)C(C)(C)CO. The first kappa shape index (κ1) is 13.4. The number of hydrogen-bond donors (Lipinski definition) is 2. The summed E-state index contributed by atoms with van der Waals surface area (Å²) in [5.74, 6) is -0.302. The quantitative estimate of drug-likeness (QED) is 0.673. The summed E-state index contributed by atoms with van der Waals surface area (Å²) in [4.78, 5) is 16.4. The topological polar surface area (TPSA) is 58.6 Å². The van der Waals surface area contributed by atoms with Crippen LogP contribution in [0.5, 0.6) is 0 Å². The molecule has 0 aromatic rings. The summed E-state index contributed by atoms with van der Waals surface area (Å²) in [6, 6.07) is 0. The van der Waals surface area contributed by atoms with E-state index in [1.807, 2.05) is 20.8 Å². The van der Waals surface area contributed by atoms with Crippen LogP contribution >= 0.6 is 0 Å². The van der Waals surface area contributed by atoms with E-state index in [2.05, 4.69) is 5.48 Å². The van der Waals surface area contributed by atoms with Gasteiger partial charge in [-0.25, -0.2) is 5.48 Å².